The van der Waals surface area contributed by atoms with E-state index in [4.69, 9.17) is 16.9 Å². The second-order valence-corrected chi connectivity index (χ2v) is 3.77. The number of hydrogen-bond acceptors (Lipinski definition) is 1. The minimum Gasteiger partial charge on any atom is -0.198 e. The Morgan fingerprint density at radius 2 is 2.00 bits per heavy atom. The van der Waals surface area contributed by atoms with Crippen LogP contribution in [0.1, 0.15) is 38.5 Å². The standard InChI is InChI=1S/C9H14ClN/c10-7-3-6-9(8-11)4-1-2-5-9/h1-7H2. The van der Waals surface area contributed by atoms with Gasteiger partial charge < -0.3 is 0 Å². The summed E-state index contributed by atoms with van der Waals surface area (Å²) in [5, 5.41) is 8.95. The molecule has 0 heterocycles. The molecule has 0 atom stereocenters. The zero-order valence-corrected chi connectivity index (χ0v) is 7.53. The quantitative estimate of drug-likeness (QED) is 0.599. The molecule has 11 heavy (non-hydrogen) atoms. The number of nitriles is 1. The Labute approximate surface area is 73.3 Å². The molecule has 0 bridgehead atoms. The van der Waals surface area contributed by atoms with Gasteiger partial charge in [-0.15, -0.1) is 11.6 Å². The zero-order valence-electron chi connectivity index (χ0n) is 6.77. The summed E-state index contributed by atoms with van der Waals surface area (Å²) in [6.45, 7) is 0. The van der Waals surface area contributed by atoms with E-state index in [0.717, 1.165) is 25.7 Å². The fourth-order valence-electron chi connectivity index (χ4n) is 1.87. The van der Waals surface area contributed by atoms with E-state index in [1.165, 1.54) is 12.8 Å². The first-order valence-electron chi connectivity index (χ1n) is 4.30. The van der Waals surface area contributed by atoms with Gasteiger partial charge in [0, 0.05) is 5.88 Å². The van der Waals surface area contributed by atoms with E-state index in [1.807, 2.05) is 0 Å². The average molecular weight is 172 g/mol. The molecule has 1 saturated carbocycles. The highest BCUT2D eigenvalue weighted by Gasteiger charge is 2.32. The van der Waals surface area contributed by atoms with Crippen LogP contribution in [0.3, 0.4) is 0 Å². The van der Waals surface area contributed by atoms with Gasteiger partial charge in [-0.1, -0.05) is 12.8 Å². The van der Waals surface area contributed by atoms with Crippen LogP contribution in [0.2, 0.25) is 0 Å². The van der Waals surface area contributed by atoms with Crippen LogP contribution in [0.4, 0.5) is 0 Å². The Morgan fingerprint density at radius 1 is 1.36 bits per heavy atom. The highest BCUT2D eigenvalue weighted by atomic mass is 35.5. The van der Waals surface area contributed by atoms with E-state index in [1.54, 1.807) is 0 Å². The van der Waals surface area contributed by atoms with Gasteiger partial charge in [0.05, 0.1) is 11.5 Å². The van der Waals surface area contributed by atoms with Gasteiger partial charge in [0.25, 0.3) is 0 Å². The molecule has 62 valence electrons. The molecule has 0 aromatic heterocycles. The van der Waals surface area contributed by atoms with Crippen LogP contribution in [0.15, 0.2) is 0 Å². The summed E-state index contributed by atoms with van der Waals surface area (Å²) in [6.07, 6.45) is 6.66. The van der Waals surface area contributed by atoms with E-state index in [-0.39, 0.29) is 5.41 Å². The van der Waals surface area contributed by atoms with Gasteiger partial charge in [0.1, 0.15) is 0 Å². The summed E-state index contributed by atoms with van der Waals surface area (Å²) in [4.78, 5) is 0. The van der Waals surface area contributed by atoms with Crippen molar-refractivity contribution < 1.29 is 0 Å². The minimum absolute atomic E-state index is 0.00882. The van der Waals surface area contributed by atoms with Crippen LogP contribution in [0, 0.1) is 16.7 Å². The summed E-state index contributed by atoms with van der Waals surface area (Å²) < 4.78 is 0. The van der Waals surface area contributed by atoms with Crippen molar-refractivity contribution in [2.45, 2.75) is 38.5 Å². The van der Waals surface area contributed by atoms with Crippen molar-refractivity contribution in [3.05, 3.63) is 0 Å². The van der Waals surface area contributed by atoms with Gasteiger partial charge in [-0.25, -0.2) is 0 Å². The third-order valence-electron chi connectivity index (χ3n) is 2.59. The summed E-state index contributed by atoms with van der Waals surface area (Å²) >= 11 is 5.59. The van der Waals surface area contributed by atoms with Gasteiger partial charge in [0.2, 0.25) is 0 Å². The molecule has 0 N–H and O–H groups in total. The molecule has 2 heteroatoms. The molecule has 1 aliphatic carbocycles. The topological polar surface area (TPSA) is 23.8 Å². The van der Waals surface area contributed by atoms with E-state index in [0.29, 0.717) is 5.88 Å². The molecule has 0 aliphatic heterocycles. The van der Waals surface area contributed by atoms with E-state index >= 15 is 0 Å². The first kappa shape index (κ1) is 8.87. The van der Waals surface area contributed by atoms with Crippen LogP contribution in [-0.2, 0) is 0 Å². The lowest BCUT2D eigenvalue weighted by atomic mass is 9.83. The minimum atomic E-state index is 0.00882. The van der Waals surface area contributed by atoms with Crippen LogP contribution in [-0.4, -0.2) is 5.88 Å². The predicted octanol–water partition coefficient (Wildman–Crippen LogP) is 3.09. The van der Waals surface area contributed by atoms with Crippen molar-refractivity contribution in [1.29, 1.82) is 5.26 Å². The Balaban J connectivity index is 2.41. The number of hydrogen-bond donors (Lipinski definition) is 0. The van der Waals surface area contributed by atoms with Crippen LogP contribution >= 0.6 is 11.6 Å². The molecule has 1 rings (SSSR count). The predicted molar refractivity (Wildman–Crippen MR) is 46.5 cm³/mol. The molecule has 0 saturated heterocycles. The highest BCUT2D eigenvalue weighted by molar-refractivity contribution is 6.17. The SMILES string of the molecule is N#CC1(CCCCl)CCCC1. The molecule has 1 fully saturated rings. The number of halogens is 1. The Morgan fingerprint density at radius 3 is 2.45 bits per heavy atom. The third-order valence-corrected chi connectivity index (χ3v) is 2.85. The van der Waals surface area contributed by atoms with Gasteiger partial charge in [-0.2, -0.15) is 5.26 Å². The summed E-state index contributed by atoms with van der Waals surface area (Å²) in [7, 11) is 0. The Bertz CT molecular complexity index is 153. The second-order valence-electron chi connectivity index (χ2n) is 3.39. The van der Waals surface area contributed by atoms with Crippen LogP contribution in [0.25, 0.3) is 0 Å². The van der Waals surface area contributed by atoms with E-state index < -0.39 is 0 Å². The number of alkyl halides is 1. The smallest absolute Gasteiger partial charge is 0.0689 e. The van der Waals surface area contributed by atoms with Crippen molar-refractivity contribution in [1.82, 2.24) is 0 Å². The molecular weight excluding hydrogens is 158 g/mol. The lowest BCUT2D eigenvalue weighted by molar-refractivity contribution is 0.373. The van der Waals surface area contributed by atoms with Crippen molar-refractivity contribution >= 4 is 11.6 Å². The normalized spacial score (nSPS) is 21.5. The number of nitrogens with zero attached hydrogens (tertiary/aromatic N) is 1. The first-order valence-corrected chi connectivity index (χ1v) is 4.84. The van der Waals surface area contributed by atoms with Gasteiger partial charge in [0.15, 0.2) is 0 Å². The molecule has 0 aromatic rings. The second kappa shape index (κ2) is 3.97. The Kier molecular flexibility index (Phi) is 3.20. The zero-order chi connectivity index (χ0) is 8.16. The third kappa shape index (κ3) is 2.10. The molecule has 1 nitrogen and oxygen atoms in total. The molecule has 0 radical (unpaired) electrons. The molecule has 0 spiro atoms. The lowest BCUT2D eigenvalue weighted by Gasteiger charge is -2.18. The molecular formula is C9H14ClN. The lowest BCUT2D eigenvalue weighted by Crippen LogP contribution is -2.13. The maximum Gasteiger partial charge on any atom is 0.0689 e. The summed E-state index contributed by atoms with van der Waals surface area (Å²) in [5.41, 5.74) is 0.00882. The average Bonchev–Trinajstić information content (AvgIpc) is 2.50. The van der Waals surface area contributed by atoms with Crippen molar-refractivity contribution in [3.63, 3.8) is 0 Å². The number of rotatable bonds is 3. The monoisotopic (exact) mass is 171 g/mol. The summed E-state index contributed by atoms with van der Waals surface area (Å²) in [6, 6.07) is 2.45. The van der Waals surface area contributed by atoms with Crippen LogP contribution in [0.5, 0.6) is 0 Å². The van der Waals surface area contributed by atoms with Gasteiger partial charge >= 0.3 is 0 Å². The van der Waals surface area contributed by atoms with Crippen molar-refractivity contribution in [3.8, 4) is 6.07 Å². The van der Waals surface area contributed by atoms with Crippen LogP contribution < -0.4 is 0 Å². The largest absolute Gasteiger partial charge is 0.198 e. The fourth-order valence-corrected chi connectivity index (χ4v) is 2.01. The van der Waals surface area contributed by atoms with E-state index in [9.17, 15) is 0 Å². The van der Waals surface area contributed by atoms with Crippen molar-refractivity contribution in [2.75, 3.05) is 5.88 Å². The maximum absolute atomic E-state index is 8.95. The molecule has 0 aromatic carbocycles. The fraction of sp³-hybridized carbons (Fsp3) is 0.889. The molecule has 0 unspecified atom stereocenters. The molecule has 1 aliphatic rings. The van der Waals surface area contributed by atoms with E-state index in [2.05, 4.69) is 6.07 Å². The summed E-state index contributed by atoms with van der Waals surface area (Å²) in [5.74, 6) is 0.698. The van der Waals surface area contributed by atoms with Gasteiger partial charge in [-0.3, -0.25) is 0 Å². The molecule has 0 amide bonds. The highest BCUT2D eigenvalue weighted by Crippen LogP contribution is 2.41. The van der Waals surface area contributed by atoms with Crippen molar-refractivity contribution in [2.24, 2.45) is 5.41 Å². The Hall–Kier alpha value is -0.220. The van der Waals surface area contributed by atoms with Gasteiger partial charge in [-0.05, 0) is 25.7 Å². The first-order chi connectivity index (χ1) is 5.33. The maximum atomic E-state index is 8.95.